The average Bonchev–Trinajstić information content (AvgIpc) is 2.34. The van der Waals surface area contributed by atoms with Crippen molar-refractivity contribution in [3.8, 4) is 12.3 Å². The van der Waals surface area contributed by atoms with Crippen molar-refractivity contribution in [2.75, 3.05) is 32.7 Å². The van der Waals surface area contributed by atoms with Gasteiger partial charge in [0.2, 0.25) is 6.41 Å². The molecule has 16 heavy (non-hydrogen) atoms. The summed E-state index contributed by atoms with van der Waals surface area (Å²) in [6.45, 7) is 4.93. The third-order valence-corrected chi connectivity index (χ3v) is 4.24. The number of terminal acetylenes is 1. The Hall–Kier alpha value is -1.01. The first kappa shape index (κ1) is 11.5. The standard InChI is InChI=1S/C13H20N2O/c1-2-7-14-8-3-13(4-9-14)5-10-15(12-16)11-6-13/h1,12H,3-11H2. The molecule has 0 aliphatic carbocycles. The topological polar surface area (TPSA) is 23.6 Å². The summed E-state index contributed by atoms with van der Waals surface area (Å²) >= 11 is 0. The maximum Gasteiger partial charge on any atom is 0.209 e. The van der Waals surface area contributed by atoms with E-state index >= 15 is 0 Å². The lowest BCUT2D eigenvalue weighted by Crippen LogP contribution is -2.46. The fraction of sp³-hybridized carbons (Fsp3) is 0.769. The molecule has 3 heteroatoms. The van der Waals surface area contributed by atoms with E-state index in [0.29, 0.717) is 5.41 Å². The molecule has 0 saturated carbocycles. The Balaban J connectivity index is 1.84. The molecule has 1 spiro atoms. The molecule has 0 aromatic rings. The number of hydrogen-bond acceptors (Lipinski definition) is 2. The van der Waals surface area contributed by atoms with E-state index in [1.54, 1.807) is 0 Å². The van der Waals surface area contributed by atoms with Gasteiger partial charge in [-0.1, -0.05) is 5.92 Å². The molecule has 3 nitrogen and oxygen atoms in total. The molecule has 1 amide bonds. The minimum absolute atomic E-state index is 0.505. The van der Waals surface area contributed by atoms with Crippen LogP contribution in [0.5, 0.6) is 0 Å². The van der Waals surface area contributed by atoms with Crippen molar-refractivity contribution in [3.05, 3.63) is 0 Å². The number of nitrogens with zero attached hydrogens (tertiary/aromatic N) is 2. The minimum atomic E-state index is 0.505. The summed E-state index contributed by atoms with van der Waals surface area (Å²) in [5, 5.41) is 0. The third kappa shape index (κ3) is 2.38. The normalized spacial score (nSPS) is 25.3. The molecule has 2 fully saturated rings. The molecule has 0 aromatic heterocycles. The van der Waals surface area contributed by atoms with Gasteiger partial charge in [-0.3, -0.25) is 9.69 Å². The van der Waals surface area contributed by atoms with Crippen LogP contribution in [0.4, 0.5) is 0 Å². The molecule has 2 aliphatic heterocycles. The van der Waals surface area contributed by atoms with Crippen molar-refractivity contribution in [2.24, 2.45) is 5.41 Å². The van der Waals surface area contributed by atoms with Crippen LogP contribution in [0, 0.1) is 17.8 Å². The number of carbonyl (C=O) groups is 1. The van der Waals surface area contributed by atoms with Gasteiger partial charge in [-0.25, -0.2) is 0 Å². The van der Waals surface area contributed by atoms with Crippen molar-refractivity contribution < 1.29 is 4.79 Å². The predicted octanol–water partition coefficient (Wildman–Crippen LogP) is 0.954. The average molecular weight is 220 g/mol. The van der Waals surface area contributed by atoms with Gasteiger partial charge < -0.3 is 4.90 Å². The van der Waals surface area contributed by atoms with Crippen LogP contribution in [0.2, 0.25) is 0 Å². The van der Waals surface area contributed by atoms with Gasteiger partial charge in [-0.2, -0.15) is 0 Å². The Kier molecular flexibility index (Phi) is 3.50. The van der Waals surface area contributed by atoms with Crippen molar-refractivity contribution in [3.63, 3.8) is 0 Å². The first-order chi connectivity index (χ1) is 7.78. The zero-order valence-electron chi connectivity index (χ0n) is 9.82. The highest BCUT2D eigenvalue weighted by molar-refractivity contribution is 5.47. The molecule has 2 rings (SSSR count). The van der Waals surface area contributed by atoms with Crippen LogP contribution >= 0.6 is 0 Å². The molecule has 2 aliphatic rings. The van der Waals surface area contributed by atoms with E-state index in [1.165, 1.54) is 25.7 Å². The summed E-state index contributed by atoms with van der Waals surface area (Å²) in [5.74, 6) is 2.72. The van der Waals surface area contributed by atoms with Gasteiger partial charge in [0.25, 0.3) is 0 Å². The lowest BCUT2D eigenvalue weighted by atomic mass is 9.71. The van der Waals surface area contributed by atoms with Crippen LogP contribution in [0.15, 0.2) is 0 Å². The van der Waals surface area contributed by atoms with Gasteiger partial charge in [0.1, 0.15) is 0 Å². The van der Waals surface area contributed by atoms with Crippen LogP contribution < -0.4 is 0 Å². The van der Waals surface area contributed by atoms with Crippen LogP contribution in [0.3, 0.4) is 0 Å². The molecule has 0 aromatic carbocycles. The molecule has 0 N–H and O–H groups in total. The maximum atomic E-state index is 10.7. The minimum Gasteiger partial charge on any atom is -0.345 e. The van der Waals surface area contributed by atoms with Gasteiger partial charge in [0.05, 0.1) is 6.54 Å². The van der Waals surface area contributed by atoms with E-state index in [2.05, 4.69) is 10.8 Å². The zero-order chi connectivity index (χ0) is 11.4. The van der Waals surface area contributed by atoms with Crippen molar-refractivity contribution in [1.82, 2.24) is 9.80 Å². The number of amides is 1. The smallest absolute Gasteiger partial charge is 0.209 e. The Morgan fingerprint density at radius 3 is 2.19 bits per heavy atom. The SMILES string of the molecule is C#CCN1CCC2(CCN(C=O)CC2)CC1. The van der Waals surface area contributed by atoms with E-state index < -0.39 is 0 Å². The Morgan fingerprint density at radius 1 is 1.12 bits per heavy atom. The van der Waals surface area contributed by atoms with E-state index in [-0.39, 0.29) is 0 Å². The van der Waals surface area contributed by atoms with Gasteiger partial charge in [-0.05, 0) is 44.2 Å². The second kappa shape index (κ2) is 4.88. The Labute approximate surface area is 97.8 Å². The van der Waals surface area contributed by atoms with Gasteiger partial charge >= 0.3 is 0 Å². The van der Waals surface area contributed by atoms with Gasteiger partial charge in [0, 0.05) is 13.1 Å². The van der Waals surface area contributed by atoms with Crippen molar-refractivity contribution in [2.45, 2.75) is 25.7 Å². The number of hydrogen-bond donors (Lipinski definition) is 0. The fourth-order valence-electron chi connectivity index (χ4n) is 2.92. The van der Waals surface area contributed by atoms with Crippen LogP contribution in [-0.2, 0) is 4.79 Å². The Morgan fingerprint density at radius 2 is 1.69 bits per heavy atom. The highest BCUT2D eigenvalue weighted by atomic mass is 16.1. The van der Waals surface area contributed by atoms with Gasteiger partial charge in [-0.15, -0.1) is 6.42 Å². The second-order valence-electron chi connectivity index (χ2n) is 5.12. The molecule has 0 unspecified atom stereocenters. The molecule has 0 radical (unpaired) electrons. The lowest BCUT2D eigenvalue weighted by molar-refractivity contribution is -0.120. The molecule has 2 saturated heterocycles. The fourth-order valence-corrected chi connectivity index (χ4v) is 2.92. The summed E-state index contributed by atoms with van der Waals surface area (Å²) in [6.07, 6.45) is 11.2. The quantitative estimate of drug-likeness (QED) is 0.511. The first-order valence-corrected chi connectivity index (χ1v) is 6.13. The van der Waals surface area contributed by atoms with Crippen LogP contribution in [-0.4, -0.2) is 48.9 Å². The first-order valence-electron chi connectivity index (χ1n) is 6.13. The number of carbonyl (C=O) groups excluding carboxylic acids is 1. The van der Waals surface area contributed by atoms with Crippen molar-refractivity contribution in [1.29, 1.82) is 0 Å². The number of piperidine rings is 2. The summed E-state index contributed by atoms with van der Waals surface area (Å²) in [5.41, 5.74) is 0.505. The van der Waals surface area contributed by atoms with Crippen molar-refractivity contribution >= 4 is 6.41 Å². The van der Waals surface area contributed by atoms with Crippen LogP contribution in [0.1, 0.15) is 25.7 Å². The molecule has 88 valence electrons. The monoisotopic (exact) mass is 220 g/mol. The molecule has 2 heterocycles. The summed E-state index contributed by atoms with van der Waals surface area (Å²) in [6, 6.07) is 0. The summed E-state index contributed by atoms with van der Waals surface area (Å²) in [7, 11) is 0. The molecule has 0 atom stereocenters. The Bertz CT molecular complexity index is 277. The molecular formula is C13H20N2O. The van der Waals surface area contributed by atoms with E-state index in [4.69, 9.17) is 6.42 Å². The van der Waals surface area contributed by atoms with Crippen LogP contribution in [0.25, 0.3) is 0 Å². The lowest BCUT2D eigenvalue weighted by Gasteiger charge is -2.45. The van der Waals surface area contributed by atoms with E-state index in [0.717, 1.165) is 39.1 Å². The van der Waals surface area contributed by atoms with E-state index in [9.17, 15) is 4.79 Å². The highest BCUT2D eigenvalue weighted by Crippen LogP contribution is 2.40. The molecular weight excluding hydrogens is 200 g/mol. The van der Waals surface area contributed by atoms with Gasteiger partial charge in [0.15, 0.2) is 0 Å². The third-order valence-electron chi connectivity index (χ3n) is 4.24. The second-order valence-corrected chi connectivity index (χ2v) is 5.12. The number of rotatable bonds is 2. The predicted molar refractivity (Wildman–Crippen MR) is 63.8 cm³/mol. The number of likely N-dealkylation sites (tertiary alicyclic amines) is 2. The maximum absolute atomic E-state index is 10.7. The summed E-state index contributed by atoms with van der Waals surface area (Å²) < 4.78 is 0. The van der Waals surface area contributed by atoms with E-state index in [1.807, 2.05) is 4.90 Å². The molecule has 0 bridgehead atoms. The zero-order valence-corrected chi connectivity index (χ0v) is 9.82. The highest BCUT2D eigenvalue weighted by Gasteiger charge is 2.36. The largest absolute Gasteiger partial charge is 0.345 e. The summed E-state index contributed by atoms with van der Waals surface area (Å²) in [4.78, 5) is 14.9.